The largest absolute Gasteiger partial charge is 0.326 e. The van der Waals surface area contributed by atoms with E-state index in [1.807, 2.05) is 0 Å². The molecule has 1 aliphatic rings. The minimum absolute atomic E-state index is 0.350. The predicted octanol–water partition coefficient (Wildman–Crippen LogP) is 3.01. The molecule has 2 nitrogen and oxygen atoms in total. The van der Waals surface area contributed by atoms with E-state index in [1.54, 1.807) is 0 Å². The van der Waals surface area contributed by atoms with E-state index in [0.29, 0.717) is 12.1 Å². The van der Waals surface area contributed by atoms with Crippen LogP contribution in [0.5, 0.6) is 0 Å². The van der Waals surface area contributed by atoms with Crippen molar-refractivity contribution >= 4 is 0 Å². The summed E-state index contributed by atoms with van der Waals surface area (Å²) >= 11 is 0. The third-order valence-corrected chi connectivity index (χ3v) is 4.25. The minimum atomic E-state index is 0.350. The first-order valence-corrected chi connectivity index (χ1v) is 7.18. The first kappa shape index (κ1) is 14.0. The van der Waals surface area contributed by atoms with Gasteiger partial charge in [0, 0.05) is 12.1 Å². The molecule has 96 valence electrons. The summed E-state index contributed by atoms with van der Waals surface area (Å²) in [7, 11) is 0. The molecular formula is C14H30N2. The van der Waals surface area contributed by atoms with Crippen LogP contribution >= 0.6 is 0 Å². The Morgan fingerprint density at radius 1 is 1.25 bits per heavy atom. The van der Waals surface area contributed by atoms with Crippen molar-refractivity contribution in [3.8, 4) is 0 Å². The van der Waals surface area contributed by atoms with E-state index < -0.39 is 0 Å². The molecular weight excluding hydrogens is 196 g/mol. The van der Waals surface area contributed by atoms with E-state index >= 15 is 0 Å². The van der Waals surface area contributed by atoms with Crippen LogP contribution in [0.4, 0.5) is 0 Å². The average Bonchev–Trinajstić information content (AvgIpc) is 2.53. The molecule has 0 amide bonds. The zero-order valence-electron chi connectivity index (χ0n) is 11.4. The van der Waals surface area contributed by atoms with Crippen LogP contribution in [-0.4, -0.2) is 30.1 Å². The van der Waals surface area contributed by atoms with E-state index in [1.165, 1.54) is 45.2 Å². The second-order valence-corrected chi connectivity index (χ2v) is 5.43. The van der Waals surface area contributed by atoms with Crippen LogP contribution in [0.1, 0.15) is 59.3 Å². The van der Waals surface area contributed by atoms with Gasteiger partial charge in [0.05, 0.1) is 0 Å². The van der Waals surface area contributed by atoms with Crippen molar-refractivity contribution < 1.29 is 0 Å². The fourth-order valence-corrected chi connectivity index (χ4v) is 2.90. The van der Waals surface area contributed by atoms with Crippen molar-refractivity contribution in [1.82, 2.24) is 4.90 Å². The summed E-state index contributed by atoms with van der Waals surface area (Å²) in [5, 5.41) is 0. The van der Waals surface area contributed by atoms with Gasteiger partial charge >= 0.3 is 0 Å². The van der Waals surface area contributed by atoms with E-state index in [-0.39, 0.29) is 0 Å². The highest BCUT2D eigenvalue weighted by Crippen LogP contribution is 2.23. The molecule has 1 saturated heterocycles. The predicted molar refractivity (Wildman–Crippen MR) is 71.6 cm³/mol. The molecule has 1 heterocycles. The van der Waals surface area contributed by atoms with Crippen LogP contribution in [0, 0.1) is 5.92 Å². The van der Waals surface area contributed by atoms with Gasteiger partial charge in [0.2, 0.25) is 0 Å². The summed E-state index contributed by atoms with van der Waals surface area (Å²) in [5.41, 5.74) is 6.15. The Morgan fingerprint density at radius 2 is 2.00 bits per heavy atom. The molecule has 0 aliphatic carbocycles. The van der Waals surface area contributed by atoms with Crippen molar-refractivity contribution in [3.63, 3.8) is 0 Å². The van der Waals surface area contributed by atoms with Crippen molar-refractivity contribution in [3.05, 3.63) is 0 Å². The molecule has 0 aromatic rings. The number of nitrogens with two attached hydrogens (primary N) is 1. The SMILES string of the molecule is CCCC1CCCN(C(C)C(N)CC)CC1. The highest BCUT2D eigenvalue weighted by molar-refractivity contribution is 4.80. The highest BCUT2D eigenvalue weighted by Gasteiger charge is 2.22. The third kappa shape index (κ3) is 4.06. The second-order valence-electron chi connectivity index (χ2n) is 5.43. The smallest absolute Gasteiger partial charge is 0.0218 e. The molecule has 0 bridgehead atoms. The fraction of sp³-hybridized carbons (Fsp3) is 1.00. The lowest BCUT2D eigenvalue weighted by Gasteiger charge is -2.31. The van der Waals surface area contributed by atoms with E-state index in [4.69, 9.17) is 5.73 Å². The molecule has 16 heavy (non-hydrogen) atoms. The molecule has 3 unspecified atom stereocenters. The Bertz CT molecular complexity index is 182. The van der Waals surface area contributed by atoms with Crippen molar-refractivity contribution in [2.24, 2.45) is 11.7 Å². The van der Waals surface area contributed by atoms with Crippen LogP contribution in [0.3, 0.4) is 0 Å². The summed E-state index contributed by atoms with van der Waals surface area (Å²) in [4.78, 5) is 2.61. The minimum Gasteiger partial charge on any atom is -0.326 e. The second kappa shape index (κ2) is 7.29. The average molecular weight is 226 g/mol. The number of nitrogens with zero attached hydrogens (tertiary/aromatic N) is 1. The third-order valence-electron chi connectivity index (χ3n) is 4.25. The molecule has 0 spiro atoms. The normalized spacial score (nSPS) is 27.4. The molecule has 2 N–H and O–H groups in total. The van der Waals surface area contributed by atoms with Gasteiger partial charge in [-0.2, -0.15) is 0 Å². The Morgan fingerprint density at radius 3 is 2.62 bits per heavy atom. The Labute approximate surface area is 102 Å². The molecule has 0 aromatic carbocycles. The van der Waals surface area contributed by atoms with E-state index in [9.17, 15) is 0 Å². The lowest BCUT2D eigenvalue weighted by atomic mass is 9.96. The molecule has 1 fully saturated rings. The van der Waals surface area contributed by atoms with Gasteiger partial charge in [0.1, 0.15) is 0 Å². The molecule has 1 rings (SSSR count). The Hall–Kier alpha value is -0.0800. The van der Waals surface area contributed by atoms with Crippen LogP contribution in [-0.2, 0) is 0 Å². The summed E-state index contributed by atoms with van der Waals surface area (Å²) in [6.07, 6.45) is 8.03. The highest BCUT2D eigenvalue weighted by atomic mass is 15.2. The van der Waals surface area contributed by atoms with E-state index in [0.717, 1.165) is 12.3 Å². The number of hydrogen-bond donors (Lipinski definition) is 1. The summed E-state index contributed by atoms with van der Waals surface area (Å²) in [5.74, 6) is 0.972. The number of rotatable bonds is 5. The first-order chi connectivity index (χ1) is 7.69. The van der Waals surface area contributed by atoms with Crippen LogP contribution in [0.15, 0.2) is 0 Å². The molecule has 3 atom stereocenters. The topological polar surface area (TPSA) is 29.3 Å². The quantitative estimate of drug-likeness (QED) is 0.781. The van der Waals surface area contributed by atoms with Crippen molar-refractivity contribution in [1.29, 1.82) is 0 Å². The zero-order chi connectivity index (χ0) is 12.0. The van der Waals surface area contributed by atoms with Gasteiger partial charge < -0.3 is 5.73 Å². The van der Waals surface area contributed by atoms with Crippen LogP contribution in [0.2, 0.25) is 0 Å². The van der Waals surface area contributed by atoms with Gasteiger partial charge in [-0.25, -0.2) is 0 Å². The van der Waals surface area contributed by atoms with Gasteiger partial charge in [-0.05, 0) is 51.6 Å². The summed E-state index contributed by atoms with van der Waals surface area (Å²) < 4.78 is 0. The summed E-state index contributed by atoms with van der Waals surface area (Å²) in [6.45, 7) is 9.32. The number of hydrogen-bond acceptors (Lipinski definition) is 2. The van der Waals surface area contributed by atoms with Crippen molar-refractivity contribution in [2.75, 3.05) is 13.1 Å². The van der Waals surface area contributed by atoms with Gasteiger partial charge in [-0.1, -0.05) is 26.7 Å². The Kier molecular flexibility index (Phi) is 6.37. The van der Waals surface area contributed by atoms with Gasteiger partial charge in [-0.15, -0.1) is 0 Å². The Balaban J connectivity index is 2.40. The standard InChI is InChI=1S/C14H30N2/c1-4-7-13-8-6-10-16(11-9-13)12(3)14(15)5-2/h12-14H,4-11,15H2,1-3H3. The maximum absolute atomic E-state index is 6.15. The van der Waals surface area contributed by atoms with E-state index in [2.05, 4.69) is 25.7 Å². The summed E-state index contributed by atoms with van der Waals surface area (Å²) in [6, 6.07) is 0.910. The van der Waals surface area contributed by atoms with Crippen LogP contribution < -0.4 is 5.73 Å². The number of likely N-dealkylation sites (tertiary alicyclic amines) is 1. The van der Waals surface area contributed by atoms with Gasteiger partial charge in [-0.3, -0.25) is 4.90 Å². The van der Waals surface area contributed by atoms with Gasteiger partial charge in [0.25, 0.3) is 0 Å². The molecule has 0 saturated carbocycles. The van der Waals surface area contributed by atoms with Crippen molar-refractivity contribution in [2.45, 2.75) is 71.4 Å². The fourth-order valence-electron chi connectivity index (χ4n) is 2.90. The zero-order valence-corrected chi connectivity index (χ0v) is 11.4. The molecule has 0 aromatic heterocycles. The lowest BCUT2D eigenvalue weighted by Crippen LogP contribution is -2.46. The monoisotopic (exact) mass is 226 g/mol. The lowest BCUT2D eigenvalue weighted by molar-refractivity contribution is 0.186. The maximum Gasteiger partial charge on any atom is 0.0218 e. The molecule has 2 heteroatoms. The first-order valence-electron chi connectivity index (χ1n) is 7.18. The molecule has 1 aliphatic heterocycles. The van der Waals surface area contributed by atoms with Gasteiger partial charge in [0.15, 0.2) is 0 Å². The molecule has 0 radical (unpaired) electrons. The maximum atomic E-state index is 6.15. The van der Waals surface area contributed by atoms with Crippen LogP contribution in [0.25, 0.3) is 0 Å².